The van der Waals surface area contributed by atoms with Gasteiger partial charge in [0.2, 0.25) is 5.91 Å². The molecule has 0 saturated carbocycles. The van der Waals surface area contributed by atoms with E-state index < -0.39 is 0 Å². The maximum Gasteiger partial charge on any atom is 0.237 e. The number of carbonyl (C=O) groups excluding carboxylic acids is 1. The molecule has 74 valence electrons. The molecule has 2 rings (SSSR count). The molecule has 1 aromatic rings. The smallest absolute Gasteiger partial charge is 0.237 e. The van der Waals surface area contributed by atoms with Crippen molar-refractivity contribution in [1.82, 2.24) is 0 Å². The van der Waals surface area contributed by atoms with E-state index >= 15 is 0 Å². The van der Waals surface area contributed by atoms with Crippen LogP contribution in [0.2, 0.25) is 5.02 Å². The van der Waals surface area contributed by atoms with Crippen LogP contribution in [0.25, 0.3) is 0 Å². The molecule has 1 aliphatic rings. The second-order valence-corrected chi connectivity index (χ2v) is 5.08. The molecule has 0 aliphatic carbocycles. The fourth-order valence-electron chi connectivity index (χ4n) is 1.38. The van der Waals surface area contributed by atoms with Crippen molar-refractivity contribution in [2.75, 3.05) is 5.32 Å². The number of anilines is 1. The number of amides is 1. The van der Waals surface area contributed by atoms with Crippen molar-refractivity contribution in [2.24, 2.45) is 0 Å². The number of thioether (sulfide) groups is 1. The molecule has 0 spiro atoms. The van der Waals surface area contributed by atoms with Crippen molar-refractivity contribution < 1.29 is 4.79 Å². The first kappa shape index (κ1) is 9.87. The van der Waals surface area contributed by atoms with Crippen LogP contribution in [0, 0.1) is 6.92 Å². The third-order valence-electron chi connectivity index (χ3n) is 2.28. The minimum atomic E-state index is -0.0249. The lowest BCUT2D eigenvalue weighted by atomic mass is 10.2. The van der Waals surface area contributed by atoms with Gasteiger partial charge in [0.1, 0.15) is 0 Å². The van der Waals surface area contributed by atoms with E-state index in [0.717, 1.165) is 16.1 Å². The summed E-state index contributed by atoms with van der Waals surface area (Å²) >= 11 is 7.54. The van der Waals surface area contributed by atoms with Gasteiger partial charge in [-0.15, -0.1) is 11.8 Å². The molecule has 0 bridgehead atoms. The predicted octanol–water partition coefficient (Wildman–Crippen LogP) is 3.08. The summed E-state index contributed by atoms with van der Waals surface area (Å²) in [5.41, 5.74) is 1.81. The van der Waals surface area contributed by atoms with E-state index in [-0.39, 0.29) is 11.2 Å². The quantitative estimate of drug-likeness (QED) is 0.738. The Morgan fingerprint density at radius 2 is 2.21 bits per heavy atom. The summed E-state index contributed by atoms with van der Waals surface area (Å²) in [6.07, 6.45) is 0. The number of benzene rings is 1. The fraction of sp³-hybridized carbons (Fsp3) is 0.300. The molecule has 1 unspecified atom stereocenters. The molecule has 0 radical (unpaired) electrons. The molecule has 0 aromatic heterocycles. The molecule has 0 saturated heterocycles. The average molecular weight is 228 g/mol. The highest BCUT2D eigenvalue weighted by atomic mass is 35.5. The van der Waals surface area contributed by atoms with Crippen molar-refractivity contribution in [3.63, 3.8) is 0 Å². The Hall–Kier alpha value is -0.670. The predicted molar refractivity (Wildman–Crippen MR) is 60.1 cm³/mol. The molecular formula is C10H10ClNOS. The van der Waals surface area contributed by atoms with Crippen LogP contribution in [0.4, 0.5) is 5.69 Å². The SMILES string of the molecule is Cc1c(Cl)ccc2c1NC(=O)C(C)S2. The number of nitrogens with one attached hydrogen (secondary N) is 1. The van der Waals surface area contributed by atoms with Crippen LogP contribution in [-0.4, -0.2) is 11.2 Å². The summed E-state index contributed by atoms with van der Waals surface area (Å²) in [6, 6.07) is 3.82. The summed E-state index contributed by atoms with van der Waals surface area (Å²) < 4.78 is 0. The van der Waals surface area contributed by atoms with E-state index in [0.29, 0.717) is 5.02 Å². The van der Waals surface area contributed by atoms with E-state index in [4.69, 9.17) is 11.6 Å². The first-order valence-corrected chi connectivity index (χ1v) is 5.62. The lowest BCUT2D eigenvalue weighted by molar-refractivity contribution is -0.115. The number of fused-ring (bicyclic) bond motifs is 1. The molecule has 14 heavy (non-hydrogen) atoms. The van der Waals surface area contributed by atoms with Gasteiger partial charge in [0.05, 0.1) is 10.9 Å². The maximum absolute atomic E-state index is 11.4. The number of carbonyl (C=O) groups is 1. The molecule has 1 aliphatic heterocycles. The van der Waals surface area contributed by atoms with Crippen LogP contribution in [0.5, 0.6) is 0 Å². The Morgan fingerprint density at radius 3 is 2.93 bits per heavy atom. The molecule has 0 fully saturated rings. The number of hydrogen-bond acceptors (Lipinski definition) is 2. The Bertz CT molecular complexity index is 405. The summed E-state index contributed by atoms with van der Waals surface area (Å²) in [6.45, 7) is 3.81. The Kier molecular flexibility index (Phi) is 2.45. The normalized spacial score (nSPS) is 20.2. The van der Waals surface area contributed by atoms with E-state index in [1.807, 2.05) is 26.0 Å². The third-order valence-corrected chi connectivity index (χ3v) is 3.85. The standard InChI is InChI=1S/C10H10ClNOS/c1-5-7(11)3-4-8-9(5)12-10(13)6(2)14-8/h3-4,6H,1-2H3,(H,12,13). The first-order chi connectivity index (χ1) is 6.59. The van der Waals surface area contributed by atoms with Crippen LogP contribution in [-0.2, 0) is 4.79 Å². The zero-order valence-corrected chi connectivity index (χ0v) is 9.50. The van der Waals surface area contributed by atoms with Crippen molar-refractivity contribution in [2.45, 2.75) is 24.0 Å². The van der Waals surface area contributed by atoms with Gasteiger partial charge in [-0.1, -0.05) is 11.6 Å². The van der Waals surface area contributed by atoms with Crippen molar-refractivity contribution >= 4 is 35.0 Å². The lowest BCUT2D eigenvalue weighted by Gasteiger charge is -2.23. The maximum atomic E-state index is 11.4. The average Bonchev–Trinajstić information content (AvgIpc) is 2.15. The summed E-state index contributed by atoms with van der Waals surface area (Å²) in [4.78, 5) is 12.5. The third kappa shape index (κ3) is 1.51. The highest BCUT2D eigenvalue weighted by Gasteiger charge is 2.24. The van der Waals surface area contributed by atoms with Gasteiger partial charge in [-0.2, -0.15) is 0 Å². The highest BCUT2D eigenvalue weighted by molar-refractivity contribution is 8.01. The lowest BCUT2D eigenvalue weighted by Crippen LogP contribution is -2.26. The molecule has 1 heterocycles. The van der Waals surface area contributed by atoms with Crippen molar-refractivity contribution in [3.8, 4) is 0 Å². The zero-order chi connectivity index (χ0) is 10.3. The number of rotatable bonds is 0. The fourth-order valence-corrected chi connectivity index (χ4v) is 2.56. The zero-order valence-electron chi connectivity index (χ0n) is 7.93. The van der Waals surface area contributed by atoms with Crippen molar-refractivity contribution in [3.05, 3.63) is 22.7 Å². The summed E-state index contributed by atoms with van der Waals surface area (Å²) in [7, 11) is 0. The molecule has 1 amide bonds. The second kappa shape index (κ2) is 3.48. The van der Waals surface area contributed by atoms with Crippen molar-refractivity contribution in [1.29, 1.82) is 0 Å². The van der Waals surface area contributed by atoms with Crippen LogP contribution >= 0.6 is 23.4 Å². The molecular weight excluding hydrogens is 218 g/mol. The molecule has 4 heteroatoms. The Labute approximate surface area is 92.0 Å². The van der Waals surface area contributed by atoms with Crippen LogP contribution in [0.1, 0.15) is 12.5 Å². The van der Waals surface area contributed by atoms with Gasteiger partial charge in [0.25, 0.3) is 0 Å². The van der Waals surface area contributed by atoms with Crippen LogP contribution in [0.3, 0.4) is 0 Å². The van der Waals surface area contributed by atoms with Gasteiger partial charge in [0.15, 0.2) is 0 Å². The Balaban J connectivity index is 2.52. The molecule has 1 atom stereocenters. The topological polar surface area (TPSA) is 29.1 Å². The van der Waals surface area contributed by atoms with Gasteiger partial charge in [-0.25, -0.2) is 0 Å². The number of halogens is 1. The molecule has 1 aromatic carbocycles. The van der Waals surface area contributed by atoms with Gasteiger partial charge < -0.3 is 5.32 Å². The van der Waals surface area contributed by atoms with Gasteiger partial charge >= 0.3 is 0 Å². The van der Waals surface area contributed by atoms with Crippen LogP contribution in [0.15, 0.2) is 17.0 Å². The van der Waals surface area contributed by atoms with E-state index in [1.54, 1.807) is 11.8 Å². The first-order valence-electron chi connectivity index (χ1n) is 4.36. The van der Waals surface area contributed by atoms with Crippen LogP contribution < -0.4 is 5.32 Å². The minimum absolute atomic E-state index is 0.0249. The summed E-state index contributed by atoms with van der Waals surface area (Å²) in [5.74, 6) is 0.0490. The Morgan fingerprint density at radius 1 is 1.50 bits per heavy atom. The minimum Gasteiger partial charge on any atom is -0.324 e. The largest absolute Gasteiger partial charge is 0.324 e. The summed E-state index contributed by atoms with van der Waals surface area (Å²) in [5, 5.41) is 3.54. The van der Waals surface area contributed by atoms with E-state index in [2.05, 4.69) is 5.32 Å². The number of hydrogen-bond donors (Lipinski definition) is 1. The van der Waals surface area contributed by atoms with Gasteiger partial charge in [-0.05, 0) is 31.5 Å². The monoisotopic (exact) mass is 227 g/mol. The highest BCUT2D eigenvalue weighted by Crippen LogP contribution is 2.39. The van der Waals surface area contributed by atoms with Gasteiger partial charge in [0, 0.05) is 9.92 Å². The van der Waals surface area contributed by atoms with Gasteiger partial charge in [-0.3, -0.25) is 4.79 Å². The molecule has 1 N–H and O–H groups in total. The molecule has 2 nitrogen and oxygen atoms in total. The van der Waals surface area contributed by atoms with E-state index in [9.17, 15) is 4.79 Å². The van der Waals surface area contributed by atoms with E-state index in [1.165, 1.54) is 0 Å². The second-order valence-electron chi connectivity index (χ2n) is 3.29.